The van der Waals surface area contributed by atoms with Gasteiger partial charge in [-0.1, -0.05) is 6.42 Å². The summed E-state index contributed by atoms with van der Waals surface area (Å²) in [7, 11) is 0. The fourth-order valence-corrected chi connectivity index (χ4v) is 2.87. The Bertz CT molecular complexity index is 375. The van der Waals surface area contributed by atoms with Crippen LogP contribution < -0.4 is 5.32 Å². The number of hydrogen-bond donors (Lipinski definition) is 2. The Balaban J connectivity index is 1.77. The normalized spacial score (nSPS) is 24.4. The van der Waals surface area contributed by atoms with Gasteiger partial charge in [0.25, 0.3) is 0 Å². The molecule has 0 saturated heterocycles. The number of aliphatic hydroxyl groups is 1. The van der Waals surface area contributed by atoms with E-state index in [1.54, 1.807) is 0 Å². The number of aromatic nitrogens is 2. The molecule has 1 saturated carbocycles. The minimum absolute atomic E-state index is 0.0750. The molecule has 1 fully saturated rings. The van der Waals surface area contributed by atoms with Crippen LogP contribution in [0.25, 0.3) is 0 Å². The van der Waals surface area contributed by atoms with Crippen LogP contribution in [0.4, 0.5) is 0 Å². The molecule has 2 rings (SSSR count). The second kappa shape index (κ2) is 6.34. The van der Waals surface area contributed by atoms with Crippen molar-refractivity contribution in [2.75, 3.05) is 6.54 Å². The number of nitrogens with one attached hydrogen (secondary N) is 1. The third-order valence-corrected chi connectivity index (χ3v) is 3.78. The van der Waals surface area contributed by atoms with E-state index in [0.717, 1.165) is 38.2 Å². The molecule has 1 aromatic heterocycles. The molecule has 4 nitrogen and oxygen atoms in total. The molecule has 0 aliphatic heterocycles. The van der Waals surface area contributed by atoms with Crippen LogP contribution in [0.2, 0.25) is 0 Å². The van der Waals surface area contributed by atoms with Gasteiger partial charge in [0, 0.05) is 13.1 Å². The predicted octanol–water partition coefficient (Wildman–Crippen LogP) is 1.85. The van der Waals surface area contributed by atoms with Crippen molar-refractivity contribution in [1.29, 1.82) is 0 Å². The highest BCUT2D eigenvalue weighted by Gasteiger charge is 2.19. The van der Waals surface area contributed by atoms with Gasteiger partial charge in [-0.3, -0.25) is 4.68 Å². The molecular weight excluding hydrogens is 226 g/mol. The Morgan fingerprint density at radius 3 is 3.06 bits per heavy atom. The molecule has 1 heterocycles. The van der Waals surface area contributed by atoms with E-state index in [1.165, 1.54) is 18.5 Å². The van der Waals surface area contributed by atoms with E-state index in [9.17, 15) is 5.11 Å². The first-order valence-corrected chi connectivity index (χ1v) is 7.11. The summed E-state index contributed by atoms with van der Waals surface area (Å²) in [5.41, 5.74) is 2.34. The minimum Gasteiger partial charge on any atom is -0.393 e. The molecule has 102 valence electrons. The molecule has 1 aromatic rings. The van der Waals surface area contributed by atoms with Gasteiger partial charge in [-0.25, -0.2) is 0 Å². The molecule has 18 heavy (non-hydrogen) atoms. The molecular formula is C14H25N3O. The number of aliphatic hydroxyl groups excluding tert-OH is 1. The SMILES string of the molecule is CCn1nc(C)cc1CNCC1CCCC(O)C1. The fraction of sp³-hybridized carbons (Fsp3) is 0.786. The van der Waals surface area contributed by atoms with Gasteiger partial charge >= 0.3 is 0 Å². The van der Waals surface area contributed by atoms with Gasteiger partial charge in [0.2, 0.25) is 0 Å². The van der Waals surface area contributed by atoms with Crippen LogP contribution in [0, 0.1) is 12.8 Å². The molecule has 1 aliphatic rings. The van der Waals surface area contributed by atoms with Gasteiger partial charge in [0.1, 0.15) is 0 Å². The molecule has 0 bridgehead atoms. The summed E-state index contributed by atoms with van der Waals surface area (Å²) >= 11 is 0. The van der Waals surface area contributed by atoms with Gasteiger partial charge < -0.3 is 10.4 Å². The summed E-state index contributed by atoms with van der Waals surface area (Å²) in [5, 5.41) is 17.6. The Morgan fingerprint density at radius 1 is 1.50 bits per heavy atom. The third-order valence-electron chi connectivity index (χ3n) is 3.78. The van der Waals surface area contributed by atoms with E-state index in [2.05, 4.69) is 28.1 Å². The van der Waals surface area contributed by atoms with Crippen molar-refractivity contribution in [3.8, 4) is 0 Å². The number of nitrogens with zero attached hydrogens (tertiary/aromatic N) is 2. The van der Waals surface area contributed by atoms with Gasteiger partial charge in [-0.15, -0.1) is 0 Å². The summed E-state index contributed by atoms with van der Waals surface area (Å²) in [6.45, 7) is 6.96. The molecule has 2 N–H and O–H groups in total. The Labute approximate surface area is 109 Å². The quantitative estimate of drug-likeness (QED) is 0.839. The first-order chi connectivity index (χ1) is 8.69. The molecule has 2 atom stereocenters. The van der Waals surface area contributed by atoms with Crippen LogP contribution in [-0.2, 0) is 13.1 Å². The number of rotatable bonds is 5. The first-order valence-electron chi connectivity index (χ1n) is 7.11. The van der Waals surface area contributed by atoms with Crippen LogP contribution >= 0.6 is 0 Å². The van der Waals surface area contributed by atoms with Gasteiger partial charge in [0.05, 0.1) is 17.5 Å². The van der Waals surface area contributed by atoms with Crippen molar-refractivity contribution in [2.45, 2.75) is 58.7 Å². The Hall–Kier alpha value is -0.870. The summed E-state index contributed by atoms with van der Waals surface area (Å²) in [4.78, 5) is 0. The highest BCUT2D eigenvalue weighted by atomic mass is 16.3. The van der Waals surface area contributed by atoms with Crippen LogP contribution in [-0.4, -0.2) is 27.5 Å². The van der Waals surface area contributed by atoms with E-state index in [4.69, 9.17) is 0 Å². The van der Waals surface area contributed by atoms with Crippen molar-refractivity contribution in [3.05, 3.63) is 17.5 Å². The zero-order valence-corrected chi connectivity index (χ0v) is 11.5. The average Bonchev–Trinajstić information content (AvgIpc) is 2.70. The van der Waals surface area contributed by atoms with E-state index < -0.39 is 0 Å². The molecule has 1 aliphatic carbocycles. The molecule has 4 heteroatoms. The van der Waals surface area contributed by atoms with E-state index in [-0.39, 0.29) is 6.10 Å². The Morgan fingerprint density at radius 2 is 2.33 bits per heavy atom. The maximum atomic E-state index is 9.64. The maximum Gasteiger partial charge on any atom is 0.0597 e. The first kappa shape index (κ1) is 13.6. The molecule has 0 amide bonds. The zero-order valence-electron chi connectivity index (χ0n) is 11.5. The molecule has 0 spiro atoms. The maximum absolute atomic E-state index is 9.64. The van der Waals surface area contributed by atoms with Crippen molar-refractivity contribution in [1.82, 2.24) is 15.1 Å². The highest BCUT2D eigenvalue weighted by molar-refractivity contribution is 5.08. The standard InChI is InChI=1S/C14H25N3O/c1-3-17-13(7-11(2)16-17)10-15-9-12-5-4-6-14(18)8-12/h7,12,14-15,18H,3-6,8-10H2,1-2H3. The van der Waals surface area contributed by atoms with Gasteiger partial charge in [-0.2, -0.15) is 5.10 Å². The van der Waals surface area contributed by atoms with Crippen LogP contribution in [0.5, 0.6) is 0 Å². The highest BCUT2D eigenvalue weighted by Crippen LogP contribution is 2.23. The Kier molecular flexibility index (Phi) is 4.78. The van der Waals surface area contributed by atoms with Crippen molar-refractivity contribution < 1.29 is 5.11 Å². The molecule has 0 aromatic carbocycles. The molecule has 0 radical (unpaired) electrons. The van der Waals surface area contributed by atoms with Crippen LogP contribution in [0.3, 0.4) is 0 Å². The lowest BCUT2D eigenvalue weighted by Crippen LogP contribution is -2.29. The topological polar surface area (TPSA) is 50.1 Å². The molecule has 2 unspecified atom stereocenters. The summed E-state index contributed by atoms with van der Waals surface area (Å²) < 4.78 is 2.05. The van der Waals surface area contributed by atoms with E-state index in [1.807, 2.05) is 6.92 Å². The predicted molar refractivity (Wildman–Crippen MR) is 72.3 cm³/mol. The summed E-state index contributed by atoms with van der Waals surface area (Å²) in [6, 6.07) is 2.15. The van der Waals surface area contributed by atoms with Crippen LogP contribution in [0.1, 0.15) is 44.0 Å². The third kappa shape index (κ3) is 3.56. The summed E-state index contributed by atoms with van der Waals surface area (Å²) in [6.07, 6.45) is 4.28. The number of hydrogen-bond acceptors (Lipinski definition) is 3. The van der Waals surface area contributed by atoms with E-state index >= 15 is 0 Å². The summed E-state index contributed by atoms with van der Waals surface area (Å²) in [5.74, 6) is 0.632. The van der Waals surface area contributed by atoms with Gasteiger partial charge in [0.15, 0.2) is 0 Å². The second-order valence-electron chi connectivity index (χ2n) is 5.41. The smallest absolute Gasteiger partial charge is 0.0597 e. The van der Waals surface area contributed by atoms with Gasteiger partial charge in [-0.05, 0) is 51.6 Å². The minimum atomic E-state index is -0.0750. The zero-order chi connectivity index (χ0) is 13.0. The largest absolute Gasteiger partial charge is 0.393 e. The lowest BCUT2D eigenvalue weighted by Gasteiger charge is -2.26. The monoisotopic (exact) mass is 251 g/mol. The second-order valence-corrected chi connectivity index (χ2v) is 5.41. The van der Waals surface area contributed by atoms with Crippen molar-refractivity contribution in [2.24, 2.45) is 5.92 Å². The lowest BCUT2D eigenvalue weighted by molar-refractivity contribution is 0.100. The lowest BCUT2D eigenvalue weighted by atomic mass is 9.87. The average molecular weight is 251 g/mol. The number of aryl methyl sites for hydroxylation is 2. The van der Waals surface area contributed by atoms with E-state index in [0.29, 0.717) is 5.92 Å². The van der Waals surface area contributed by atoms with Crippen molar-refractivity contribution >= 4 is 0 Å². The van der Waals surface area contributed by atoms with Crippen LogP contribution in [0.15, 0.2) is 6.07 Å². The fourth-order valence-electron chi connectivity index (χ4n) is 2.87. The van der Waals surface area contributed by atoms with Crippen molar-refractivity contribution in [3.63, 3.8) is 0 Å².